The van der Waals surface area contributed by atoms with Crippen LogP contribution in [0.3, 0.4) is 0 Å². The molecule has 0 bridgehead atoms. The molecular formula is C18H32S. The van der Waals surface area contributed by atoms with Crippen LogP contribution in [-0.2, 0) is 0 Å². The highest BCUT2D eigenvalue weighted by Gasteiger charge is 2.32. The highest BCUT2D eigenvalue weighted by atomic mass is 32.2. The molecule has 0 heterocycles. The molecule has 1 heteroatoms. The molecule has 0 saturated carbocycles. The molecule has 0 saturated heterocycles. The second kappa shape index (κ2) is 9.47. The fourth-order valence-corrected chi connectivity index (χ4v) is 2.33. The number of thioether (sulfide) groups is 1. The van der Waals surface area contributed by atoms with Crippen LogP contribution >= 0.6 is 11.8 Å². The molecule has 0 atom stereocenters. The van der Waals surface area contributed by atoms with Crippen LogP contribution in [-0.4, -0.2) is 10.5 Å². The second-order valence-corrected chi connectivity index (χ2v) is 8.01. The summed E-state index contributed by atoms with van der Waals surface area (Å²) in [7, 11) is 0. The third kappa shape index (κ3) is 9.15. The van der Waals surface area contributed by atoms with Gasteiger partial charge in [0.2, 0.25) is 0 Å². The van der Waals surface area contributed by atoms with E-state index >= 15 is 0 Å². The topological polar surface area (TPSA) is 0 Å². The smallest absolute Gasteiger partial charge is 0.0155 e. The maximum Gasteiger partial charge on any atom is 0.0155 e. The van der Waals surface area contributed by atoms with Crippen LogP contribution in [0.25, 0.3) is 0 Å². The summed E-state index contributed by atoms with van der Waals surface area (Å²) in [6.45, 7) is 13.8. The first-order valence-corrected chi connectivity index (χ1v) is 8.38. The maximum atomic E-state index is 2.34. The molecule has 19 heavy (non-hydrogen) atoms. The first-order valence-electron chi connectivity index (χ1n) is 7.40. The Kier molecular flexibility index (Phi) is 9.26. The third-order valence-electron chi connectivity index (χ3n) is 3.63. The van der Waals surface area contributed by atoms with Gasteiger partial charge in [0.15, 0.2) is 0 Å². The number of allylic oxidation sites excluding steroid dienone is 5. The summed E-state index contributed by atoms with van der Waals surface area (Å²) in [5.41, 5.74) is 0.344. The van der Waals surface area contributed by atoms with E-state index in [0.717, 1.165) is 25.0 Å². The molecule has 110 valence electrons. The number of rotatable bonds is 8. The van der Waals surface area contributed by atoms with E-state index in [-0.39, 0.29) is 0 Å². The number of hydrogen-bond acceptors (Lipinski definition) is 1. The monoisotopic (exact) mass is 280 g/mol. The van der Waals surface area contributed by atoms with Gasteiger partial charge in [-0.2, -0.15) is 11.8 Å². The standard InChI is InChI=1S/C18H32S/c1-7-8-9-10-11-12-13-14-15-16-19-18(5,6)17(2,3)4/h8-9,11-12,14-15H,7,10,13,16H2,1-6H3/b9-8-,12-11-,15-14-. The van der Waals surface area contributed by atoms with Gasteiger partial charge in [-0.25, -0.2) is 0 Å². The Morgan fingerprint density at radius 3 is 1.68 bits per heavy atom. The minimum absolute atomic E-state index is 0.318. The zero-order chi connectivity index (χ0) is 14.8. The van der Waals surface area contributed by atoms with E-state index in [2.05, 4.69) is 78.0 Å². The molecular weight excluding hydrogens is 248 g/mol. The molecule has 0 aromatic rings. The molecule has 0 fully saturated rings. The lowest BCUT2D eigenvalue weighted by Crippen LogP contribution is -2.33. The number of hydrogen-bond donors (Lipinski definition) is 0. The fraction of sp³-hybridized carbons (Fsp3) is 0.667. The molecule has 0 aromatic carbocycles. The Morgan fingerprint density at radius 2 is 1.21 bits per heavy atom. The summed E-state index contributed by atoms with van der Waals surface area (Å²) in [5, 5.41) is 0. The molecule has 0 aliphatic rings. The van der Waals surface area contributed by atoms with Crippen molar-refractivity contribution in [2.45, 2.75) is 65.6 Å². The first-order chi connectivity index (χ1) is 8.81. The Bertz CT molecular complexity index is 300. The zero-order valence-electron chi connectivity index (χ0n) is 13.7. The Hall–Kier alpha value is -0.430. The van der Waals surface area contributed by atoms with Crippen molar-refractivity contribution in [1.82, 2.24) is 0 Å². The van der Waals surface area contributed by atoms with Gasteiger partial charge in [-0.1, -0.05) is 78.0 Å². The predicted octanol–water partition coefficient (Wildman–Crippen LogP) is 6.40. The lowest BCUT2D eigenvalue weighted by Gasteiger charge is -2.38. The lowest BCUT2D eigenvalue weighted by molar-refractivity contribution is 0.320. The fourth-order valence-electron chi connectivity index (χ4n) is 1.25. The largest absolute Gasteiger partial charge is 0.151 e. The molecule has 0 N–H and O–H groups in total. The Balaban J connectivity index is 3.79. The van der Waals surface area contributed by atoms with Gasteiger partial charge in [0.25, 0.3) is 0 Å². The van der Waals surface area contributed by atoms with Crippen molar-refractivity contribution >= 4 is 11.8 Å². The summed E-state index contributed by atoms with van der Waals surface area (Å²) in [5.74, 6) is 1.11. The Morgan fingerprint density at radius 1 is 0.737 bits per heavy atom. The summed E-state index contributed by atoms with van der Waals surface area (Å²) >= 11 is 2.04. The quantitative estimate of drug-likeness (QED) is 0.463. The average molecular weight is 281 g/mol. The van der Waals surface area contributed by atoms with Gasteiger partial charge in [0.1, 0.15) is 0 Å². The minimum Gasteiger partial charge on any atom is -0.151 e. The van der Waals surface area contributed by atoms with Gasteiger partial charge in [-0.3, -0.25) is 0 Å². The summed E-state index contributed by atoms with van der Waals surface area (Å²) < 4.78 is 0.318. The van der Waals surface area contributed by atoms with Crippen LogP contribution in [0.15, 0.2) is 36.5 Å². The van der Waals surface area contributed by atoms with Crippen LogP contribution in [0.4, 0.5) is 0 Å². The van der Waals surface area contributed by atoms with Crippen molar-refractivity contribution in [2.75, 3.05) is 5.75 Å². The second-order valence-electron chi connectivity index (χ2n) is 6.37. The zero-order valence-corrected chi connectivity index (χ0v) is 14.5. The van der Waals surface area contributed by atoms with Gasteiger partial charge in [0.05, 0.1) is 0 Å². The van der Waals surface area contributed by atoms with Crippen LogP contribution in [0.5, 0.6) is 0 Å². The van der Waals surface area contributed by atoms with Gasteiger partial charge in [-0.05, 0) is 24.7 Å². The van der Waals surface area contributed by atoms with Crippen LogP contribution in [0.1, 0.15) is 60.8 Å². The lowest BCUT2D eigenvalue weighted by atomic mass is 9.83. The molecule has 0 nitrogen and oxygen atoms in total. The van der Waals surface area contributed by atoms with Gasteiger partial charge in [-0.15, -0.1) is 0 Å². The van der Waals surface area contributed by atoms with E-state index in [1.165, 1.54) is 0 Å². The van der Waals surface area contributed by atoms with Crippen molar-refractivity contribution in [3.05, 3.63) is 36.5 Å². The van der Waals surface area contributed by atoms with E-state index in [1.807, 2.05) is 11.8 Å². The van der Waals surface area contributed by atoms with Crippen LogP contribution < -0.4 is 0 Å². The molecule has 0 aliphatic heterocycles. The molecule has 0 radical (unpaired) electrons. The Labute approximate surface area is 125 Å². The van der Waals surface area contributed by atoms with Gasteiger partial charge >= 0.3 is 0 Å². The van der Waals surface area contributed by atoms with Gasteiger partial charge in [0, 0.05) is 10.5 Å². The first kappa shape index (κ1) is 18.6. The van der Waals surface area contributed by atoms with Crippen molar-refractivity contribution in [2.24, 2.45) is 5.41 Å². The van der Waals surface area contributed by atoms with Crippen LogP contribution in [0, 0.1) is 5.41 Å². The van der Waals surface area contributed by atoms with E-state index in [1.54, 1.807) is 0 Å². The summed E-state index contributed by atoms with van der Waals surface area (Å²) in [4.78, 5) is 0. The SMILES string of the molecule is CC/C=C\C/C=C\C/C=C\CSC(C)(C)C(C)(C)C. The van der Waals surface area contributed by atoms with Crippen LogP contribution in [0.2, 0.25) is 0 Å². The normalized spacial score (nSPS) is 14.2. The maximum absolute atomic E-state index is 2.34. The predicted molar refractivity (Wildman–Crippen MR) is 92.9 cm³/mol. The molecule has 0 spiro atoms. The van der Waals surface area contributed by atoms with E-state index in [9.17, 15) is 0 Å². The molecule has 0 aliphatic carbocycles. The molecule has 0 unspecified atom stereocenters. The molecule has 0 rings (SSSR count). The summed E-state index contributed by atoms with van der Waals surface area (Å²) in [6, 6.07) is 0. The summed E-state index contributed by atoms with van der Waals surface area (Å²) in [6.07, 6.45) is 16.7. The van der Waals surface area contributed by atoms with Gasteiger partial charge < -0.3 is 0 Å². The molecule has 0 amide bonds. The highest BCUT2D eigenvalue weighted by Crippen LogP contribution is 2.41. The molecule has 0 aromatic heterocycles. The van der Waals surface area contributed by atoms with E-state index in [4.69, 9.17) is 0 Å². The van der Waals surface area contributed by atoms with Crippen molar-refractivity contribution in [3.8, 4) is 0 Å². The van der Waals surface area contributed by atoms with Crippen molar-refractivity contribution < 1.29 is 0 Å². The van der Waals surface area contributed by atoms with Crippen molar-refractivity contribution in [1.29, 1.82) is 0 Å². The van der Waals surface area contributed by atoms with Crippen molar-refractivity contribution in [3.63, 3.8) is 0 Å². The van der Waals surface area contributed by atoms with E-state index in [0.29, 0.717) is 10.2 Å². The third-order valence-corrected chi connectivity index (χ3v) is 5.32. The minimum atomic E-state index is 0.318. The highest BCUT2D eigenvalue weighted by molar-refractivity contribution is 8.00. The van der Waals surface area contributed by atoms with E-state index < -0.39 is 0 Å². The average Bonchev–Trinajstić information content (AvgIpc) is 2.30.